The Morgan fingerprint density at radius 1 is 1.33 bits per heavy atom. The number of hydrogen-bond acceptors (Lipinski definition) is 3. The van der Waals surface area contributed by atoms with Crippen molar-refractivity contribution in [1.82, 2.24) is 10.3 Å². The lowest BCUT2D eigenvalue weighted by molar-refractivity contribution is 0.552. The molecule has 0 radical (unpaired) electrons. The molecule has 1 aromatic rings. The van der Waals surface area contributed by atoms with E-state index in [-0.39, 0.29) is 0 Å². The summed E-state index contributed by atoms with van der Waals surface area (Å²) in [4.78, 5) is 7.12. The minimum Gasteiger partial charge on any atom is -0.352 e. The fourth-order valence-corrected chi connectivity index (χ4v) is 2.95. The second kappa shape index (κ2) is 6.53. The van der Waals surface area contributed by atoms with Gasteiger partial charge in [-0.3, -0.25) is 0 Å². The van der Waals surface area contributed by atoms with E-state index in [2.05, 4.69) is 35.1 Å². The highest BCUT2D eigenvalue weighted by molar-refractivity contribution is 6.33. The smallest absolute Gasteiger partial charge is 0.147 e. The highest BCUT2D eigenvalue weighted by Gasteiger charge is 2.35. The van der Waals surface area contributed by atoms with Crippen molar-refractivity contribution in [2.45, 2.75) is 52.1 Å². The molecule has 0 saturated heterocycles. The van der Waals surface area contributed by atoms with E-state index in [0.29, 0.717) is 12.0 Å². The van der Waals surface area contributed by atoms with E-state index in [1.807, 2.05) is 6.20 Å². The summed E-state index contributed by atoms with van der Waals surface area (Å²) in [5.41, 5.74) is 1.17. The lowest BCUT2D eigenvalue weighted by atomic mass is 10.2. The summed E-state index contributed by atoms with van der Waals surface area (Å²) in [5.74, 6) is 2.53. The van der Waals surface area contributed by atoms with Gasteiger partial charge in [0.05, 0.1) is 5.02 Å². The zero-order chi connectivity index (χ0) is 14.8. The summed E-state index contributed by atoms with van der Waals surface area (Å²) in [5, 5.41) is 4.25. The maximum Gasteiger partial charge on any atom is 0.147 e. The molecule has 2 saturated carbocycles. The predicted molar refractivity (Wildman–Crippen MR) is 88.9 cm³/mol. The van der Waals surface area contributed by atoms with Gasteiger partial charge in [-0.25, -0.2) is 4.98 Å². The largest absolute Gasteiger partial charge is 0.352 e. The van der Waals surface area contributed by atoms with Gasteiger partial charge in [0.25, 0.3) is 0 Å². The number of rotatable bonds is 8. The van der Waals surface area contributed by atoms with Gasteiger partial charge in [-0.2, -0.15) is 0 Å². The van der Waals surface area contributed by atoms with Crippen molar-refractivity contribution in [1.29, 1.82) is 0 Å². The van der Waals surface area contributed by atoms with Gasteiger partial charge in [-0.15, -0.1) is 0 Å². The van der Waals surface area contributed by atoms with Crippen molar-refractivity contribution in [2.24, 2.45) is 11.8 Å². The van der Waals surface area contributed by atoms with Crippen molar-refractivity contribution in [3.05, 3.63) is 22.8 Å². The number of nitrogens with one attached hydrogen (secondary N) is 1. The van der Waals surface area contributed by atoms with Crippen molar-refractivity contribution in [2.75, 3.05) is 18.0 Å². The van der Waals surface area contributed by atoms with Gasteiger partial charge < -0.3 is 10.2 Å². The van der Waals surface area contributed by atoms with Crippen LogP contribution in [0.2, 0.25) is 5.02 Å². The fourth-order valence-electron chi connectivity index (χ4n) is 2.66. The van der Waals surface area contributed by atoms with Gasteiger partial charge in [0.15, 0.2) is 0 Å². The van der Waals surface area contributed by atoms with Crippen LogP contribution in [0.3, 0.4) is 0 Å². The van der Waals surface area contributed by atoms with E-state index in [9.17, 15) is 0 Å². The summed E-state index contributed by atoms with van der Waals surface area (Å²) in [6.07, 6.45) is 7.32. The van der Waals surface area contributed by atoms with Gasteiger partial charge >= 0.3 is 0 Å². The SMILES string of the molecule is CC(C)CNCc1cnc(N(CC2CC2)C2CC2)c(Cl)c1. The van der Waals surface area contributed by atoms with Crippen LogP contribution in [-0.4, -0.2) is 24.1 Å². The second-order valence-corrected chi connectivity index (χ2v) is 7.41. The molecule has 0 aromatic carbocycles. The van der Waals surface area contributed by atoms with Gasteiger partial charge in [0, 0.05) is 25.3 Å². The maximum atomic E-state index is 6.51. The van der Waals surface area contributed by atoms with Crippen LogP contribution >= 0.6 is 11.6 Å². The van der Waals surface area contributed by atoms with Crippen molar-refractivity contribution in [3.63, 3.8) is 0 Å². The van der Waals surface area contributed by atoms with Gasteiger partial charge in [0.2, 0.25) is 0 Å². The van der Waals surface area contributed by atoms with Gasteiger partial charge in [-0.1, -0.05) is 25.4 Å². The molecular weight excluding hydrogens is 282 g/mol. The summed E-state index contributed by atoms with van der Waals surface area (Å²) >= 11 is 6.51. The summed E-state index contributed by atoms with van der Waals surface area (Å²) in [7, 11) is 0. The second-order valence-electron chi connectivity index (χ2n) is 7.00. The van der Waals surface area contributed by atoms with Crippen LogP contribution in [0.1, 0.15) is 45.1 Å². The molecular formula is C17H26ClN3. The molecule has 2 fully saturated rings. The van der Waals surface area contributed by atoms with E-state index in [4.69, 9.17) is 11.6 Å². The predicted octanol–water partition coefficient (Wildman–Crippen LogP) is 3.86. The van der Waals surface area contributed by atoms with Gasteiger partial charge in [0.1, 0.15) is 5.82 Å². The third kappa shape index (κ3) is 4.33. The highest BCUT2D eigenvalue weighted by atomic mass is 35.5. The molecule has 3 rings (SSSR count). The van der Waals surface area contributed by atoms with Crippen LogP contribution in [0.4, 0.5) is 5.82 Å². The molecule has 2 aliphatic carbocycles. The summed E-state index contributed by atoms with van der Waals surface area (Å²) in [6.45, 7) is 7.44. The molecule has 0 aliphatic heterocycles. The molecule has 0 spiro atoms. The lowest BCUT2D eigenvalue weighted by Gasteiger charge is -2.24. The highest BCUT2D eigenvalue weighted by Crippen LogP contribution is 2.39. The number of nitrogens with zero attached hydrogens (tertiary/aromatic N) is 2. The quantitative estimate of drug-likeness (QED) is 0.790. The molecule has 4 heteroatoms. The average Bonchev–Trinajstić information content (AvgIpc) is 3.30. The number of pyridine rings is 1. The number of hydrogen-bond donors (Lipinski definition) is 1. The average molecular weight is 308 g/mol. The molecule has 0 amide bonds. The zero-order valence-electron chi connectivity index (χ0n) is 13.1. The zero-order valence-corrected chi connectivity index (χ0v) is 13.9. The molecule has 0 atom stereocenters. The van der Waals surface area contributed by atoms with Crippen molar-refractivity contribution < 1.29 is 0 Å². The van der Waals surface area contributed by atoms with Crippen LogP contribution in [0.25, 0.3) is 0 Å². The van der Waals surface area contributed by atoms with E-state index < -0.39 is 0 Å². The Morgan fingerprint density at radius 3 is 2.67 bits per heavy atom. The minimum atomic E-state index is 0.664. The molecule has 1 N–H and O–H groups in total. The first-order valence-electron chi connectivity index (χ1n) is 8.25. The first-order chi connectivity index (χ1) is 10.1. The Hall–Kier alpha value is -0.800. The Kier molecular flexibility index (Phi) is 4.70. The number of aromatic nitrogens is 1. The van der Waals surface area contributed by atoms with Crippen LogP contribution in [0.15, 0.2) is 12.3 Å². The van der Waals surface area contributed by atoms with Crippen molar-refractivity contribution in [3.8, 4) is 0 Å². The molecule has 2 aliphatic rings. The number of anilines is 1. The molecule has 3 nitrogen and oxygen atoms in total. The van der Waals surface area contributed by atoms with E-state index in [0.717, 1.165) is 36.4 Å². The minimum absolute atomic E-state index is 0.664. The van der Waals surface area contributed by atoms with E-state index >= 15 is 0 Å². The molecule has 0 unspecified atom stereocenters. The van der Waals surface area contributed by atoms with E-state index in [1.54, 1.807) is 0 Å². The summed E-state index contributed by atoms with van der Waals surface area (Å²) < 4.78 is 0. The third-order valence-corrected chi connectivity index (χ3v) is 4.45. The Balaban J connectivity index is 1.64. The molecule has 116 valence electrons. The Bertz CT molecular complexity index is 481. The normalized spacial score (nSPS) is 18.3. The topological polar surface area (TPSA) is 28.2 Å². The number of halogens is 1. The standard InChI is InChI=1S/C17H26ClN3/c1-12(2)8-19-9-14-7-16(18)17(20-10-14)21(15-5-6-15)11-13-3-4-13/h7,10,12-13,15,19H,3-6,8-9,11H2,1-2H3. The van der Waals surface area contributed by atoms with Crippen LogP contribution in [0, 0.1) is 11.8 Å². The van der Waals surface area contributed by atoms with Crippen molar-refractivity contribution >= 4 is 17.4 Å². The lowest BCUT2D eigenvalue weighted by Crippen LogP contribution is -2.29. The molecule has 21 heavy (non-hydrogen) atoms. The monoisotopic (exact) mass is 307 g/mol. The fraction of sp³-hybridized carbons (Fsp3) is 0.706. The van der Waals surface area contributed by atoms with E-state index in [1.165, 1.54) is 31.2 Å². The molecule has 1 aromatic heterocycles. The molecule has 0 bridgehead atoms. The van der Waals surface area contributed by atoms with Gasteiger partial charge in [-0.05, 0) is 55.7 Å². The van der Waals surface area contributed by atoms with Crippen LogP contribution in [0.5, 0.6) is 0 Å². The maximum absolute atomic E-state index is 6.51. The Morgan fingerprint density at radius 2 is 2.10 bits per heavy atom. The van der Waals surface area contributed by atoms with Crippen LogP contribution in [-0.2, 0) is 6.54 Å². The first kappa shape index (κ1) is 15.1. The summed E-state index contributed by atoms with van der Waals surface area (Å²) in [6, 6.07) is 2.76. The first-order valence-corrected chi connectivity index (χ1v) is 8.63. The van der Waals surface area contributed by atoms with Crippen LogP contribution < -0.4 is 10.2 Å². The third-order valence-electron chi connectivity index (χ3n) is 4.17. The Labute approximate surface area is 133 Å². The molecule has 1 heterocycles.